The second-order valence-corrected chi connectivity index (χ2v) is 7.11. The van der Waals surface area contributed by atoms with Gasteiger partial charge < -0.3 is 14.8 Å². The van der Waals surface area contributed by atoms with Crippen LogP contribution in [0.2, 0.25) is 0 Å². The van der Waals surface area contributed by atoms with Gasteiger partial charge in [0.1, 0.15) is 0 Å². The first-order chi connectivity index (χ1) is 10.9. The van der Waals surface area contributed by atoms with Gasteiger partial charge in [0, 0.05) is 26.1 Å². The Hall–Kier alpha value is -2.06. The monoisotopic (exact) mass is 340 g/mol. The first kappa shape index (κ1) is 17.3. The summed E-state index contributed by atoms with van der Waals surface area (Å²) in [7, 11) is -3.35. The van der Waals surface area contributed by atoms with Gasteiger partial charge in [-0.05, 0) is 17.7 Å². The Morgan fingerprint density at radius 1 is 1.39 bits per heavy atom. The van der Waals surface area contributed by atoms with Gasteiger partial charge in [0.25, 0.3) is 0 Å². The van der Waals surface area contributed by atoms with Crippen LogP contribution in [0.1, 0.15) is 12.0 Å². The number of benzene rings is 1. The summed E-state index contributed by atoms with van der Waals surface area (Å²) in [6.45, 7) is 4.38. The molecule has 1 amide bonds. The zero-order valence-electron chi connectivity index (χ0n) is 12.9. The largest absolute Gasteiger partial charge is 0.454 e. The Balaban J connectivity index is 1.82. The molecular formula is C15H20N2O5S. The minimum absolute atomic E-state index is 0.0888. The van der Waals surface area contributed by atoms with Crippen molar-refractivity contribution >= 4 is 15.9 Å². The van der Waals surface area contributed by atoms with E-state index in [9.17, 15) is 13.2 Å². The number of hydrogen-bond donors (Lipinski definition) is 1. The molecule has 7 nitrogen and oxygen atoms in total. The molecule has 0 spiro atoms. The van der Waals surface area contributed by atoms with E-state index in [-0.39, 0.29) is 32.2 Å². The number of fused-ring (bicyclic) bond motifs is 1. The van der Waals surface area contributed by atoms with Gasteiger partial charge in [-0.2, -0.15) is 4.31 Å². The number of nitrogens with one attached hydrogen (secondary N) is 1. The molecule has 0 saturated heterocycles. The minimum atomic E-state index is -3.35. The van der Waals surface area contributed by atoms with Crippen LogP contribution < -0.4 is 14.8 Å². The second kappa shape index (κ2) is 7.47. The van der Waals surface area contributed by atoms with Crippen LogP contribution in [0, 0.1) is 0 Å². The van der Waals surface area contributed by atoms with Crippen LogP contribution >= 0.6 is 0 Å². The summed E-state index contributed by atoms with van der Waals surface area (Å²) in [6, 6.07) is 5.44. The molecule has 1 aliphatic heterocycles. The van der Waals surface area contributed by atoms with Gasteiger partial charge in [-0.1, -0.05) is 12.1 Å². The highest BCUT2D eigenvalue weighted by molar-refractivity contribution is 7.88. The maximum absolute atomic E-state index is 11.9. The molecule has 8 heteroatoms. The van der Waals surface area contributed by atoms with Gasteiger partial charge in [0.05, 0.1) is 6.26 Å². The lowest BCUT2D eigenvalue weighted by molar-refractivity contribution is -0.121. The molecule has 1 aromatic carbocycles. The Bertz CT molecular complexity index is 687. The molecule has 2 rings (SSSR count). The number of sulfonamides is 1. The summed E-state index contributed by atoms with van der Waals surface area (Å²) < 4.78 is 34.8. The molecule has 0 atom stereocenters. The lowest BCUT2D eigenvalue weighted by Gasteiger charge is -2.17. The van der Waals surface area contributed by atoms with Gasteiger partial charge in [0.15, 0.2) is 11.5 Å². The zero-order chi connectivity index (χ0) is 16.9. The molecule has 23 heavy (non-hydrogen) atoms. The van der Waals surface area contributed by atoms with Crippen molar-refractivity contribution in [1.82, 2.24) is 9.62 Å². The van der Waals surface area contributed by atoms with Crippen LogP contribution in [-0.4, -0.2) is 44.8 Å². The van der Waals surface area contributed by atoms with Crippen LogP contribution in [0.5, 0.6) is 11.5 Å². The average Bonchev–Trinajstić information content (AvgIpc) is 2.95. The third kappa shape index (κ3) is 4.97. The van der Waals surface area contributed by atoms with Crippen LogP contribution in [-0.2, 0) is 21.4 Å². The predicted molar refractivity (Wildman–Crippen MR) is 85.6 cm³/mol. The normalized spacial score (nSPS) is 13.1. The SMILES string of the molecule is C=CCN(CCC(=O)NCc1ccc2c(c1)OCO2)S(C)(=O)=O. The summed E-state index contributed by atoms with van der Waals surface area (Å²) in [4.78, 5) is 11.9. The fraction of sp³-hybridized carbons (Fsp3) is 0.400. The predicted octanol–water partition coefficient (Wildman–Crippen LogP) is 0.869. The Kier molecular flexibility index (Phi) is 5.62. The molecule has 1 aromatic rings. The van der Waals surface area contributed by atoms with E-state index >= 15 is 0 Å². The van der Waals surface area contributed by atoms with Crippen molar-refractivity contribution in [3.63, 3.8) is 0 Å². The maximum atomic E-state index is 11.9. The van der Waals surface area contributed by atoms with E-state index in [2.05, 4.69) is 11.9 Å². The van der Waals surface area contributed by atoms with E-state index in [0.29, 0.717) is 18.0 Å². The minimum Gasteiger partial charge on any atom is -0.454 e. The third-order valence-electron chi connectivity index (χ3n) is 3.32. The van der Waals surface area contributed by atoms with Crippen LogP contribution in [0.15, 0.2) is 30.9 Å². The van der Waals surface area contributed by atoms with Crippen molar-refractivity contribution in [2.45, 2.75) is 13.0 Å². The molecule has 1 N–H and O–H groups in total. The molecule has 0 aromatic heterocycles. The lowest BCUT2D eigenvalue weighted by Crippen LogP contribution is -2.34. The van der Waals surface area contributed by atoms with Gasteiger partial charge in [-0.15, -0.1) is 6.58 Å². The summed E-state index contributed by atoms with van der Waals surface area (Å²) >= 11 is 0. The van der Waals surface area contributed by atoms with Crippen LogP contribution in [0.4, 0.5) is 0 Å². The topological polar surface area (TPSA) is 84.9 Å². The van der Waals surface area contributed by atoms with Crippen LogP contribution in [0.3, 0.4) is 0 Å². The van der Waals surface area contributed by atoms with Crippen molar-refractivity contribution in [1.29, 1.82) is 0 Å². The first-order valence-electron chi connectivity index (χ1n) is 7.11. The lowest BCUT2D eigenvalue weighted by atomic mass is 10.2. The number of carbonyl (C=O) groups excluding carboxylic acids is 1. The van der Waals surface area contributed by atoms with E-state index in [1.165, 1.54) is 10.4 Å². The number of carbonyl (C=O) groups is 1. The highest BCUT2D eigenvalue weighted by Gasteiger charge is 2.17. The van der Waals surface area contributed by atoms with Gasteiger partial charge in [-0.25, -0.2) is 8.42 Å². The Labute approximate surface area is 135 Å². The van der Waals surface area contributed by atoms with E-state index < -0.39 is 10.0 Å². The van der Waals surface area contributed by atoms with Crippen molar-refractivity contribution in [3.05, 3.63) is 36.4 Å². The Morgan fingerprint density at radius 2 is 2.13 bits per heavy atom. The summed E-state index contributed by atoms with van der Waals surface area (Å²) in [5.41, 5.74) is 0.883. The van der Waals surface area contributed by atoms with Crippen molar-refractivity contribution in [2.24, 2.45) is 0 Å². The molecule has 1 heterocycles. The van der Waals surface area contributed by atoms with Gasteiger partial charge in [-0.3, -0.25) is 4.79 Å². The fourth-order valence-electron chi connectivity index (χ4n) is 2.10. The highest BCUT2D eigenvalue weighted by Crippen LogP contribution is 2.32. The van der Waals surface area contributed by atoms with E-state index in [1.54, 1.807) is 6.07 Å². The molecular weight excluding hydrogens is 320 g/mol. The standard InChI is InChI=1S/C15H20N2O5S/c1-3-7-17(23(2,19)20)8-6-15(18)16-10-12-4-5-13-14(9-12)22-11-21-13/h3-5,9H,1,6-8,10-11H2,2H3,(H,16,18). The number of rotatable bonds is 8. The Morgan fingerprint density at radius 3 is 2.83 bits per heavy atom. The fourth-order valence-corrected chi connectivity index (χ4v) is 2.90. The molecule has 0 bridgehead atoms. The number of ether oxygens (including phenoxy) is 2. The maximum Gasteiger partial charge on any atom is 0.231 e. The summed E-state index contributed by atoms with van der Waals surface area (Å²) in [5.74, 6) is 1.12. The average molecular weight is 340 g/mol. The van der Waals surface area contributed by atoms with E-state index in [1.807, 2.05) is 12.1 Å². The molecule has 126 valence electrons. The molecule has 0 radical (unpaired) electrons. The molecule has 0 fully saturated rings. The van der Waals surface area contributed by atoms with Gasteiger partial charge >= 0.3 is 0 Å². The quantitative estimate of drug-likeness (QED) is 0.710. The zero-order valence-corrected chi connectivity index (χ0v) is 13.8. The molecule has 0 unspecified atom stereocenters. The van der Waals surface area contributed by atoms with Crippen molar-refractivity contribution < 1.29 is 22.7 Å². The highest BCUT2D eigenvalue weighted by atomic mass is 32.2. The molecule has 0 saturated carbocycles. The molecule has 0 aliphatic carbocycles. The van der Waals surface area contributed by atoms with E-state index in [4.69, 9.17) is 9.47 Å². The van der Waals surface area contributed by atoms with E-state index in [0.717, 1.165) is 11.8 Å². The number of nitrogens with zero attached hydrogens (tertiary/aromatic N) is 1. The summed E-state index contributed by atoms with van der Waals surface area (Å²) in [6.07, 6.45) is 2.69. The van der Waals surface area contributed by atoms with Crippen LogP contribution in [0.25, 0.3) is 0 Å². The smallest absolute Gasteiger partial charge is 0.231 e. The van der Waals surface area contributed by atoms with Crippen molar-refractivity contribution in [3.8, 4) is 11.5 Å². The number of amides is 1. The van der Waals surface area contributed by atoms with Crippen molar-refractivity contribution in [2.75, 3.05) is 26.1 Å². The molecule has 1 aliphatic rings. The third-order valence-corrected chi connectivity index (χ3v) is 4.59. The van der Waals surface area contributed by atoms with Gasteiger partial charge in [0.2, 0.25) is 22.7 Å². The second-order valence-electron chi connectivity index (χ2n) is 5.12. The summed E-state index contributed by atoms with van der Waals surface area (Å²) in [5, 5.41) is 2.76. The first-order valence-corrected chi connectivity index (χ1v) is 8.96. The number of hydrogen-bond acceptors (Lipinski definition) is 5.